The Kier molecular flexibility index (Phi) is 3.97. The average molecular weight is 338 g/mol. The van der Waals surface area contributed by atoms with Crippen LogP contribution in [-0.4, -0.2) is 45.0 Å². The summed E-state index contributed by atoms with van der Waals surface area (Å²) >= 11 is 0. The van der Waals surface area contributed by atoms with Gasteiger partial charge in [-0.15, -0.1) is 0 Å². The van der Waals surface area contributed by atoms with Gasteiger partial charge in [0.25, 0.3) is 11.5 Å². The van der Waals surface area contributed by atoms with Crippen molar-refractivity contribution >= 4 is 16.8 Å². The van der Waals surface area contributed by atoms with Crippen LogP contribution in [0.25, 0.3) is 10.9 Å². The molecule has 0 saturated carbocycles. The smallest absolute Gasteiger partial charge is 0.272 e. The molecule has 1 aliphatic heterocycles. The Morgan fingerprint density at radius 3 is 2.84 bits per heavy atom. The van der Waals surface area contributed by atoms with Gasteiger partial charge in [0.1, 0.15) is 17.5 Å². The molecule has 7 heteroatoms. The van der Waals surface area contributed by atoms with E-state index >= 15 is 0 Å². The second kappa shape index (κ2) is 6.43. The topological polar surface area (TPSA) is 91.1 Å². The highest BCUT2D eigenvalue weighted by Crippen LogP contribution is 2.27. The van der Waals surface area contributed by atoms with Crippen LogP contribution in [0.3, 0.4) is 0 Å². The van der Waals surface area contributed by atoms with E-state index in [2.05, 4.69) is 15.0 Å². The lowest BCUT2D eigenvalue weighted by Crippen LogP contribution is -2.42. The van der Waals surface area contributed by atoms with Crippen molar-refractivity contribution < 1.29 is 9.53 Å². The van der Waals surface area contributed by atoms with Crippen molar-refractivity contribution in [2.75, 3.05) is 13.1 Å². The lowest BCUT2D eigenvalue weighted by Gasteiger charge is -2.32. The first kappa shape index (κ1) is 15.4. The monoisotopic (exact) mass is 338 g/mol. The maximum Gasteiger partial charge on any atom is 0.272 e. The second-order valence-corrected chi connectivity index (χ2v) is 6.10. The van der Waals surface area contributed by atoms with Crippen LogP contribution in [0.5, 0.6) is 5.75 Å². The summed E-state index contributed by atoms with van der Waals surface area (Å²) in [7, 11) is 0. The summed E-state index contributed by atoms with van der Waals surface area (Å²) in [5.41, 5.74) is 0.905. The number of carbonyl (C=O) groups is 1. The molecule has 7 nitrogen and oxygen atoms in total. The van der Waals surface area contributed by atoms with Crippen molar-refractivity contribution in [2.45, 2.75) is 18.9 Å². The molecular weight excluding hydrogens is 320 g/mol. The summed E-state index contributed by atoms with van der Waals surface area (Å²) in [6.45, 7) is 1.17. The van der Waals surface area contributed by atoms with E-state index in [9.17, 15) is 9.59 Å². The van der Waals surface area contributed by atoms with Gasteiger partial charge in [0.05, 0.1) is 6.33 Å². The first-order valence-corrected chi connectivity index (χ1v) is 8.27. The predicted molar refractivity (Wildman–Crippen MR) is 92.7 cm³/mol. The predicted octanol–water partition coefficient (Wildman–Crippen LogP) is 1.93. The molecule has 0 unspecified atom stereocenters. The molecule has 1 fully saturated rings. The van der Waals surface area contributed by atoms with Crippen LogP contribution in [0.4, 0.5) is 0 Å². The van der Waals surface area contributed by atoms with E-state index in [1.54, 1.807) is 4.90 Å². The molecular formula is C18H18N4O3. The van der Waals surface area contributed by atoms with E-state index in [4.69, 9.17) is 4.74 Å². The normalized spacial score (nSPS) is 15.4. The number of ether oxygens (including phenoxy) is 1. The molecule has 1 saturated heterocycles. The van der Waals surface area contributed by atoms with E-state index in [1.807, 2.05) is 30.5 Å². The van der Waals surface area contributed by atoms with Crippen molar-refractivity contribution in [1.29, 1.82) is 0 Å². The summed E-state index contributed by atoms with van der Waals surface area (Å²) in [6, 6.07) is 9.18. The van der Waals surface area contributed by atoms with Crippen LogP contribution in [0.15, 0.2) is 47.7 Å². The molecule has 1 aromatic carbocycles. The van der Waals surface area contributed by atoms with Crippen molar-refractivity contribution in [3.8, 4) is 5.75 Å². The van der Waals surface area contributed by atoms with Crippen LogP contribution in [0, 0.1) is 0 Å². The van der Waals surface area contributed by atoms with Crippen LogP contribution in [0.1, 0.15) is 23.3 Å². The molecule has 2 aromatic heterocycles. The summed E-state index contributed by atoms with van der Waals surface area (Å²) in [5, 5.41) is 1.06. The summed E-state index contributed by atoms with van der Waals surface area (Å²) in [5.74, 6) is 0.650. The van der Waals surface area contributed by atoms with Crippen molar-refractivity contribution in [3.05, 3.63) is 58.9 Å². The van der Waals surface area contributed by atoms with Crippen molar-refractivity contribution in [1.82, 2.24) is 19.9 Å². The van der Waals surface area contributed by atoms with Gasteiger partial charge < -0.3 is 19.6 Å². The van der Waals surface area contributed by atoms with Gasteiger partial charge in [-0.2, -0.15) is 0 Å². The van der Waals surface area contributed by atoms with Crippen LogP contribution < -0.4 is 10.3 Å². The Morgan fingerprint density at radius 1 is 1.20 bits per heavy atom. The van der Waals surface area contributed by atoms with E-state index < -0.39 is 0 Å². The molecule has 4 rings (SSSR count). The largest absolute Gasteiger partial charge is 0.490 e. The van der Waals surface area contributed by atoms with Gasteiger partial charge in [0.15, 0.2) is 0 Å². The fraction of sp³-hybridized carbons (Fsp3) is 0.278. The number of hydrogen-bond acceptors (Lipinski definition) is 4. The Labute approximate surface area is 143 Å². The minimum absolute atomic E-state index is 0.0664. The lowest BCUT2D eigenvalue weighted by atomic mass is 10.1. The van der Waals surface area contributed by atoms with Crippen molar-refractivity contribution in [2.24, 2.45) is 0 Å². The summed E-state index contributed by atoms with van der Waals surface area (Å²) in [6.07, 6.45) is 4.71. The molecule has 0 radical (unpaired) electrons. The fourth-order valence-corrected chi connectivity index (χ4v) is 3.16. The Bertz CT molecular complexity index is 954. The van der Waals surface area contributed by atoms with E-state index in [0.717, 1.165) is 29.5 Å². The Balaban J connectivity index is 1.41. The number of rotatable bonds is 3. The minimum Gasteiger partial charge on any atom is -0.490 e. The number of aromatic amines is 2. The van der Waals surface area contributed by atoms with E-state index in [1.165, 1.54) is 12.4 Å². The highest BCUT2D eigenvalue weighted by Gasteiger charge is 2.25. The van der Waals surface area contributed by atoms with E-state index in [-0.39, 0.29) is 23.3 Å². The third-order valence-electron chi connectivity index (χ3n) is 4.48. The number of benzene rings is 1. The average Bonchev–Trinajstić information content (AvgIpc) is 3.12. The molecule has 1 amide bonds. The number of amides is 1. The Hall–Kier alpha value is -3.09. The number of piperidine rings is 1. The zero-order chi connectivity index (χ0) is 17.2. The van der Waals surface area contributed by atoms with Gasteiger partial charge >= 0.3 is 0 Å². The maximum absolute atomic E-state index is 12.4. The molecule has 0 bridgehead atoms. The third-order valence-corrected chi connectivity index (χ3v) is 4.48. The first-order valence-electron chi connectivity index (χ1n) is 8.27. The van der Waals surface area contributed by atoms with Gasteiger partial charge in [0, 0.05) is 49.1 Å². The highest BCUT2D eigenvalue weighted by atomic mass is 16.5. The number of aromatic nitrogens is 3. The number of H-pyrrole nitrogens is 2. The van der Waals surface area contributed by atoms with Gasteiger partial charge in [-0.1, -0.05) is 6.07 Å². The minimum atomic E-state index is -0.323. The van der Waals surface area contributed by atoms with Gasteiger partial charge in [-0.3, -0.25) is 9.59 Å². The number of nitrogens with zero attached hydrogens (tertiary/aromatic N) is 2. The molecule has 1 aliphatic rings. The van der Waals surface area contributed by atoms with Gasteiger partial charge in [-0.05, 0) is 18.2 Å². The third kappa shape index (κ3) is 3.13. The van der Waals surface area contributed by atoms with Crippen LogP contribution in [0.2, 0.25) is 0 Å². The van der Waals surface area contributed by atoms with Gasteiger partial charge in [0.2, 0.25) is 0 Å². The summed E-state index contributed by atoms with van der Waals surface area (Å²) < 4.78 is 6.15. The molecule has 3 heterocycles. The second-order valence-electron chi connectivity index (χ2n) is 6.10. The lowest BCUT2D eigenvalue weighted by molar-refractivity contribution is 0.0592. The standard InChI is InChI=1S/C18H18N4O3/c23-17-10-15(20-11-21-17)18(24)22-8-5-12(6-9-22)25-16-3-1-2-14-13(16)4-7-19-14/h1-4,7,10-12,19H,5-6,8-9H2,(H,20,21,23). The van der Waals surface area contributed by atoms with Gasteiger partial charge in [-0.25, -0.2) is 4.98 Å². The maximum atomic E-state index is 12.4. The zero-order valence-electron chi connectivity index (χ0n) is 13.6. The van der Waals surface area contributed by atoms with Crippen LogP contribution >= 0.6 is 0 Å². The molecule has 128 valence electrons. The van der Waals surface area contributed by atoms with Crippen molar-refractivity contribution in [3.63, 3.8) is 0 Å². The number of fused-ring (bicyclic) bond motifs is 1. The number of carbonyl (C=O) groups excluding carboxylic acids is 1. The number of nitrogens with one attached hydrogen (secondary N) is 2. The molecule has 0 aliphatic carbocycles. The number of likely N-dealkylation sites (tertiary alicyclic amines) is 1. The highest BCUT2D eigenvalue weighted by molar-refractivity contribution is 5.92. The molecule has 0 spiro atoms. The quantitative estimate of drug-likeness (QED) is 0.763. The SMILES string of the molecule is O=C(c1cc(=O)[nH]cn1)N1CCC(Oc2cccc3[nH]ccc23)CC1. The van der Waals surface area contributed by atoms with E-state index in [0.29, 0.717) is 13.1 Å². The molecule has 3 aromatic rings. The zero-order valence-corrected chi connectivity index (χ0v) is 13.6. The van der Waals surface area contributed by atoms with Crippen LogP contribution in [-0.2, 0) is 0 Å². The molecule has 2 N–H and O–H groups in total. The fourth-order valence-electron chi connectivity index (χ4n) is 3.16. The number of hydrogen-bond donors (Lipinski definition) is 2. The first-order chi connectivity index (χ1) is 12.2. The Morgan fingerprint density at radius 2 is 2.04 bits per heavy atom. The summed E-state index contributed by atoms with van der Waals surface area (Å²) in [4.78, 5) is 35.0. The molecule has 25 heavy (non-hydrogen) atoms. The molecule has 0 atom stereocenters.